The van der Waals surface area contributed by atoms with Gasteiger partial charge in [-0.25, -0.2) is 0 Å². The maximum absolute atomic E-state index is 11.5. The fourth-order valence-corrected chi connectivity index (χ4v) is 2.11. The van der Waals surface area contributed by atoms with Crippen molar-refractivity contribution in [2.45, 2.75) is 12.8 Å². The summed E-state index contributed by atoms with van der Waals surface area (Å²) >= 11 is 0. The van der Waals surface area contributed by atoms with Crippen LogP contribution in [-0.2, 0) is 19.1 Å². The van der Waals surface area contributed by atoms with Crippen molar-refractivity contribution < 1.29 is 13.7 Å². The van der Waals surface area contributed by atoms with Crippen LogP contribution in [0.4, 0.5) is 0 Å². The molecule has 0 unspecified atom stereocenters. The van der Waals surface area contributed by atoms with Crippen LogP contribution in [-0.4, -0.2) is 41.1 Å². The van der Waals surface area contributed by atoms with Crippen molar-refractivity contribution in [2.24, 2.45) is 5.92 Å². The minimum absolute atomic E-state index is 0.0262. The van der Waals surface area contributed by atoms with Crippen molar-refractivity contribution in [3.8, 4) is 0 Å². The summed E-state index contributed by atoms with van der Waals surface area (Å²) in [4.78, 5) is 11.5. The van der Waals surface area contributed by atoms with Crippen LogP contribution in [0.1, 0.15) is 12.8 Å². The molecule has 1 fully saturated rings. The first kappa shape index (κ1) is 10.7. The molecule has 0 N–H and O–H groups in total. The molecule has 0 aromatic rings. The summed E-state index contributed by atoms with van der Waals surface area (Å²) in [6, 6.07) is 0. The Hall–Kier alpha value is -0.350. The summed E-state index contributed by atoms with van der Waals surface area (Å²) < 4.78 is 16.5. The second-order valence-electron chi connectivity index (χ2n) is 3.72. The van der Waals surface area contributed by atoms with Gasteiger partial charge < -0.3 is 4.74 Å². The average molecular weight is 204 g/mol. The SMILES string of the molecule is CS(C)(=O)=CC(=O)C1CCOCC1. The normalized spacial score (nSPS) is 19.8. The Morgan fingerprint density at radius 3 is 2.38 bits per heavy atom. The number of Topliss-reactive ketones (excluding diaryl/α,β-unsaturated/α-hetero) is 1. The summed E-state index contributed by atoms with van der Waals surface area (Å²) in [5.41, 5.74) is 0. The molecule has 1 saturated heterocycles. The second kappa shape index (κ2) is 4.24. The highest BCUT2D eigenvalue weighted by atomic mass is 32.2. The molecule has 4 heteroatoms. The van der Waals surface area contributed by atoms with Gasteiger partial charge in [-0.2, -0.15) is 0 Å². The summed E-state index contributed by atoms with van der Waals surface area (Å²) in [6.45, 7) is 1.30. The first-order valence-corrected chi connectivity index (χ1v) is 6.83. The maximum atomic E-state index is 11.5. The van der Waals surface area contributed by atoms with Crippen molar-refractivity contribution in [3.05, 3.63) is 0 Å². The molecule has 0 aromatic heterocycles. The highest BCUT2D eigenvalue weighted by Crippen LogP contribution is 2.14. The van der Waals surface area contributed by atoms with Gasteiger partial charge in [-0.3, -0.25) is 9.00 Å². The largest absolute Gasteiger partial charge is 0.381 e. The van der Waals surface area contributed by atoms with Gasteiger partial charge in [-0.1, -0.05) is 0 Å². The molecule has 0 aromatic carbocycles. The van der Waals surface area contributed by atoms with Gasteiger partial charge in [0.1, 0.15) is 0 Å². The fourth-order valence-electron chi connectivity index (χ4n) is 1.36. The van der Waals surface area contributed by atoms with Gasteiger partial charge in [0.2, 0.25) is 0 Å². The van der Waals surface area contributed by atoms with Crippen molar-refractivity contribution >= 4 is 20.7 Å². The van der Waals surface area contributed by atoms with E-state index in [1.807, 2.05) is 0 Å². The molecule has 0 atom stereocenters. The van der Waals surface area contributed by atoms with E-state index < -0.39 is 9.52 Å². The first-order chi connectivity index (χ1) is 5.99. The molecular formula is C9H16O3S. The molecule has 0 bridgehead atoms. The van der Waals surface area contributed by atoms with E-state index in [1.54, 1.807) is 12.5 Å². The number of ether oxygens (including phenoxy) is 1. The zero-order valence-electron chi connectivity index (χ0n) is 8.12. The number of hydrogen-bond acceptors (Lipinski definition) is 3. The number of carbonyl (C=O) groups is 1. The summed E-state index contributed by atoms with van der Waals surface area (Å²) in [7, 11) is -2.04. The topological polar surface area (TPSA) is 43.4 Å². The Morgan fingerprint density at radius 2 is 1.92 bits per heavy atom. The Bertz CT molecular complexity index is 286. The highest BCUT2D eigenvalue weighted by Gasteiger charge is 2.20. The van der Waals surface area contributed by atoms with E-state index in [0.717, 1.165) is 12.8 Å². The van der Waals surface area contributed by atoms with Gasteiger partial charge in [-0.05, 0) is 22.4 Å². The molecule has 0 radical (unpaired) electrons. The molecule has 1 rings (SSSR count). The number of ketones is 1. The molecule has 1 aliphatic heterocycles. The van der Waals surface area contributed by atoms with Gasteiger partial charge in [0, 0.05) is 37.0 Å². The second-order valence-corrected chi connectivity index (χ2v) is 6.57. The lowest BCUT2D eigenvalue weighted by Gasteiger charge is -2.19. The smallest absolute Gasteiger partial charge is 0.166 e. The molecule has 13 heavy (non-hydrogen) atoms. The van der Waals surface area contributed by atoms with E-state index in [2.05, 4.69) is 0 Å². The van der Waals surface area contributed by atoms with Crippen molar-refractivity contribution in [1.29, 1.82) is 0 Å². The van der Waals surface area contributed by atoms with E-state index in [0.29, 0.717) is 13.2 Å². The first-order valence-electron chi connectivity index (χ1n) is 4.39. The fraction of sp³-hybridized carbons (Fsp3) is 0.778. The monoisotopic (exact) mass is 204 g/mol. The van der Waals surface area contributed by atoms with E-state index in [4.69, 9.17) is 4.74 Å². The van der Waals surface area contributed by atoms with Crippen LogP contribution in [0.2, 0.25) is 0 Å². The molecule has 0 amide bonds. The third-order valence-electron chi connectivity index (χ3n) is 2.02. The van der Waals surface area contributed by atoms with E-state index in [9.17, 15) is 9.00 Å². The minimum Gasteiger partial charge on any atom is -0.381 e. The van der Waals surface area contributed by atoms with Crippen molar-refractivity contribution in [2.75, 3.05) is 25.7 Å². The van der Waals surface area contributed by atoms with Crippen LogP contribution < -0.4 is 0 Å². The average Bonchev–Trinajstić information content (AvgIpc) is 2.03. The Labute approximate surface area is 79.5 Å². The number of hydrogen-bond donors (Lipinski definition) is 0. The van der Waals surface area contributed by atoms with Gasteiger partial charge >= 0.3 is 0 Å². The minimum atomic E-state index is -2.04. The van der Waals surface area contributed by atoms with Crippen LogP contribution in [0.25, 0.3) is 0 Å². The van der Waals surface area contributed by atoms with Crippen LogP contribution in [0.5, 0.6) is 0 Å². The van der Waals surface area contributed by atoms with Crippen LogP contribution in [0.3, 0.4) is 0 Å². The van der Waals surface area contributed by atoms with Gasteiger partial charge in [0.15, 0.2) is 5.78 Å². The lowest BCUT2D eigenvalue weighted by Crippen LogP contribution is -2.25. The standard InChI is InChI=1S/C9H16O3S/c1-13(2,11)7-9(10)8-3-5-12-6-4-8/h7-8H,3-6H2,1-2H3. The van der Waals surface area contributed by atoms with Crippen LogP contribution in [0.15, 0.2) is 0 Å². The lowest BCUT2D eigenvalue weighted by atomic mass is 9.97. The van der Waals surface area contributed by atoms with Gasteiger partial charge in [0.25, 0.3) is 0 Å². The van der Waals surface area contributed by atoms with Gasteiger partial charge in [0.05, 0.1) is 0 Å². The van der Waals surface area contributed by atoms with Gasteiger partial charge in [-0.15, -0.1) is 0 Å². The Morgan fingerprint density at radius 1 is 1.38 bits per heavy atom. The van der Waals surface area contributed by atoms with Crippen LogP contribution in [0, 0.1) is 5.92 Å². The summed E-state index contributed by atoms with van der Waals surface area (Å²) in [5.74, 6) is 0.0628. The van der Waals surface area contributed by atoms with Crippen molar-refractivity contribution in [1.82, 2.24) is 0 Å². The van der Waals surface area contributed by atoms with Crippen LogP contribution >= 0.6 is 0 Å². The maximum Gasteiger partial charge on any atom is 0.166 e. The highest BCUT2D eigenvalue weighted by molar-refractivity contribution is 8.01. The lowest BCUT2D eigenvalue weighted by molar-refractivity contribution is -0.118. The predicted molar refractivity (Wildman–Crippen MR) is 54.6 cm³/mol. The molecular weight excluding hydrogens is 188 g/mol. The number of rotatable bonds is 2. The van der Waals surface area contributed by atoms with E-state index >= 15 is 0 Å². The predicted octanol–water partition coefficient (Wildman–Crippen LogP) is 0.328. The quantitative estimate of drug-likeness (QED) is 0.609. The summed E-state index contributed by atoms with van der Waals surface area (Å²) in [5, 5.41) is 1.38. The zero-order chi connectivity index (χ0) is 9.90. The molecule has 0 aliphatic carbocycles. The Kier molecular flexibility index (Phi) is 3.50. The molecule has 0 spiro atoms. The molecule has 76 valence electrons. The number of carbonyl (C=O) groups excluding carboxylic acids is 1. The van der Waals surface area contributed by atoms with E-state index in [-0.39, 0.29) is 11.7 Å². The zero-order valence-corrected chi connectivity index (χ0v) is 8.93. The summed E-state index contributed by atoms with van der Waals surface area (Å²) in [6.07, 6.45) is 4.71. The molecule has 1 aliphatic rings. The Balaban J connectivity index is 2.62. The molecule has 0 saturated carbocycles. The third kappa shape index (κ3) is 3.91. The molecule has 1 heterocycles. The third-order valence-corrected chi connectivity index (χ3v) is 2.82. The van der Waals surface area contributed by atoms with Crippen molar-refractivity contribution in [3.63, 3.8) is 0 Å². The molecule has 3 nitrogen and oxygen atoms in total. The van der Waals surface area contributed by atoms with E-state index in [1.165, 1.54) is 5.37 Å².